The van der Waals surface area contributed by atoms with Crippen LogP contribution in [0.2, 0.25) is 0 Å². The first-order chi connectivity index (χ1) is 13.9. The molecule has 0 bridgehead atoms. The van der Waals surface area contributed by atoms with Crippen molar-refractivity contribution in [3.8, 4) is 11.5 Å². The lowest BCUT2D eigenvalue weighted by Gasteiger charge is -2.10. The Labute approximate surface area is 165 Å². The maximum absolute atomic E-state index is 12.9. The minimum atomic E-state index is -0.792. The molecule has 0 radical (unpaired) electrons. The summed E-state index contributed by atoms with van der Waals surface area (Å²) in [5.41, 5.74) is 0.779. The third-order valence-electron chi connectivity index (χ3n) is 4.08. The Balaban J connectivity index is 1.71. The highest BCUT2D eigenvalue weighted by molar-refractivity contribution is 5.99. The highest BCUT2D eigenvalue weighted by atomic mass is 19.1. The van der Waals surface area contributed by atoms with Crippen LogP contribution in [0.1, 0.15) is 32.1 Å². The standard InChI is InChI=1S/C21H18FN3O4/c22-15-8-6-14(7-9-15)12-24-21(29)18-19(27)17(26)10-16(25-18)20(28)23-11-13-4-2-1-3-5-13/h1-10,27H,11-12H2,(H,23,28)(H,24,29)(H,25,26). The Morgan fingerprint density at radius 1 is 0.862 bits per heavy atom. The third-order valence-corrected chi connectivity index (χ3v) is 4.08. The van der Waals surface area contributed by atoms with Crippen LogP contribution in [0.5, 0.6) is 11.5 Å². The average Bonchev–Trinajstić information content (AvgIpc) is 2.74. The maximum atomic E-state index is 12.9. The van der Waals surface area contributed by atoms with Gasteiger partial charge < -0.3 is 20.8 Å². The van der Waals surface area contributed by atoms with Crippen LogP contribution < -0.4 is 10.6 Å². The van der Waals surface area contributed by atoms with E-state index in [1.54, 1.807) is 0 Å². The molecule has 2 amide bonds. The second-order valence-corrected chi connectivity index (χ2v) is 6.20. The van der Waals surface area contributed by atoms with Crippen molar-refractivity contribution < 1.29 is 24.2 Å². The van der Waals surface area contributed by atoms with E-state index in [-0.39, 0.29) is 18.8 Å². The Hall–Kier alpha value is -3.94. The van der Waals surface area contributed by atoms with E-state index in [0.717, 1.165) is 11.6 Å². The van der Waals surface area contributed by atoms with Gasteiger partial charge in [-0.25, -0.2) is 9.37 Å². The molecule has 148 valence electrons. The van der Waals surface area contributed by atoms with Crippen molar-refractivity contribution in [2.45, 2.75) is 13.1 Å². The topological polar surface area (TPSA) is 112 Å². The van der Waals surface area contributed by atoms with Crippen LogP contribution in [-0.2, 0) is 13.1 Å². The molecular formula is C21H18FN3O4. The zero-order valence-electron chi connectivity index (χ0n) is 15.2. The minimum absolute atomic E-state index is 0.0471. The average molecular weight is 395 g/mol. The van der Waals surface area contributed by atoms with Gasteiger partial charge in [0.15, 0.2) is 17.2 Å². The van der Waals surface area contributed by atoms with Crippen molar-refractivity contribution in [2.75, 3.05) is 0 Å². The predicted molar refractivity (Wildman–Crippen MR) is 103 cm³/mol. The lowest BCUT2D eigenvalue weighted by atomic mass is 10.2. The first kappa shape index (κ1) is 19.8. The van der Waals surface area contributed by atoms with Gasteiger partial charge in [0.05, 0.1) is 0 Å². The Morgan fingerprint density at radius 3 is 2.10 bits per heavy atom. The van der Waals surface area contributed by atoms with Gasteiger partial charge in [0.2, 0.25) is 0 Å². The van der Waals surface area contributed by atoms with Crippen LogP contribution >= 0.6 is 0 Å². The molecule has 4 N–H and O–H groups in total. The smallest absolute Gasteiger partial charge is 0.274 e. The van der Waals surface area contributed by atoms with Gasteiger partial charge in [0.1, 0.15) is 11.5 Å². The van der Waals surface area contributed by atoms with E-state index in [4.69, 9.17) is 0 Å². The molecule has 0 spiro atoms. The molecule has 3 aromatic rings. The fourth-order valence-corrected chi connectivity index (χ4v) is 2.54. The number of rotatable bonds is 6. The molecule has 0 fully saturated rings. The summed E-state index contributed by atoms with van der Waals surface area (Å²) >= 11 is 0. The van der Waals surface area contributed by atoms with Gasteiger partial charge in [-0.1, -0.05) is 42.5 Å². The lowest BCUT2D eigenvalue weighted by Crippen LogP contribution is -2.27. The SMILES string of the molecule is O=C(NCc1ccccc1)c1cc(O)c(O)c(C(=O)NCc2ccc(F)cc2)n1. The van der Waals surface area contributed by atoms with E-state index in [1.165, 1.54) is 24.3 Å². The number of carbonyl (C=O) groups is 2. The zero-order valence-corrected chi connectivity index (χ0v) is 15.2. The van der Waals surface area contributed by atoms with Crippen molar-refractivity contribution in [3.63, 3.8) is 0 Å². The summed E-state index contributed by atoms with van der Waals surface area (Å²) in [5.74, 6) is -3.19. The lowest BCUT2D eigenvalue weighted by molar-refractivity contribution is 0.0938. The molecule has 0 atom stereocenters. The van der Waals surface area contributed by atoms with Crippen molar-refractivity contribution in [1.29, 1.82) is 0 Å². The molecule has 1 heterocycles. The quantitative estimate of drug-likeness (QED) is 0.512. The van der Waals surface area contributed by atoms with Gasteiger partial charge in [-0.15, -0.1) is 0 Å². The number of carbonyl (C=O) groups excluding carboxylic acids is 2. The molecule has 0 aliphatic heterocycles. The molecule has 0 aliphatic rings. The Kier molecular flexibility index (Phi) is 6.03. The number of aromatic nitrogens is 1. The zero-order chi connectivity index (χ0) is 20.8. The predicted octanol–water partition coefficient (Wildman–Crippen LogP) is 2.49. The fraction of sp³-hybridized carbons (Fsp3) is 0.0952. The molecule has 0 saturated heterocycles. The molecule has 0 unspecified atom stereocenters. The number of hydrogen-bond acceptors (Lipinski definition) is 5. The minimum Gasteiger partial charge on any atom is -0.504 e. The van der Waals surface area contributed by atoms with Crippen molar-refractivity contribution >= 4 is 11.8 Å². The van der Waals surface area contributed by atoms with Gasteiger partial charge in [-0.05, 0) is 23.3 Å². The van der Waals surface area contributed by atoms with Gasteiger partial charge >= 0.3 is 0 Å². The summed E-state index contributed by atoms with van der Waals surface area (Å²) in [6, 6.07) is 15.6. The number of nitrogens with one attached hydrogen (secondary N) is 2. The molecule has 1 aromatic heterocycles. The second kappa shape index (κ2) is 8.83. The van der Waals surface area contributed by atoms with E-state index in [2.05, 4.69) is 15.6 Å². The summed E-state index contributed by atoms with van der Waals surface area (Å²) < 4.78 is 12.9. The summed E-state index contributed by atoms with van der Waals surface area (Å²) in [4.78, 5) is 28.6. The van der Waals surface area contributed by atoms with Gasteiger partial charge in [0, 0.05) is 19.2 Å². The number of nitrogens with zero attached hydrogens (tertiary/aromatic N) is 1. The van der Waals surface area contributed by atoms with E-state index >= 15 is 0 Å². The monoisotopic (exact) mass is 395 g/mol. The van der Waals surface area contributed by atoms with Crippen molar-refractivity contribution in [2.24, 2.45) is 0 Å². The fourth-order valence-electron chi connectivity index (χ4n) is 2.54. The summed E-state index contributed by atoms with van der Waals surface area (Å²) in [6.45, 7) is 0.278. The van der Waals surface area contributed by atoms with Crippen LogP contribution in [0.15, 0.2) is 60.7 Å². The Morgan fingerprint density at radius 2 is 1.45 bits per heavy atom. The summed E-state index contributed by atoms with van der Waals surface area (Å²) in [5, 5.41) is 25.0. The number of benzene rings is 2. The van der Waals surface area contributed by atoms with Crippen LogP contribution in [0.4, 0.5) is 4.39 Å². The molecule has 7 nitrogen and oxygen atoms in total. The number of pyridine rings is 1. The normalized spacial score (nSPS) is 10.4. The van der Waals surface area contributed by atoms with Crippen molar-refractivity contribution in [1.82, 2.24) is 15.6 Å². The van der Waals surface area contributed by atoms with E-state index in [1.807, 2.05) is 30.3 Å². The van der Waals surface area contributed by atoms with Gasteiger partial charge in [-0.2, -0.15) is 0 Å². The number of hydrogen-bond donors (Lipinski definition) is 4. The molecule has 2 aromatic carbocycles. The van der Waals surface area contributed by atoms with E-state index in [0.29, 0.717) is 5.56 Å². The highest BCUT2D eigenvalue weighted by Crippen LogP contribution is 2.28. The van der Waals surface area contributed by atoms with Crippen LogP contribution in [0.25, 0.3) is 0 Å². The van der Waals surface area contributed by atoms with E-state index in [9.17, 15) is 24.2 Å². The first-order valence-electron chi connectivity index (χ1n) is 8.72. The highest BCUT2D eigenvalue weighted by Gasteiger charge is 2.21. The first-order valence-corrected chi connectivity index (χ1v) is 8.72. The van der Waals surface area contributed by atoms with Crippen molar-refractivity contribution in [3.05, 3.63) is 89.0 Å². The van der Waals surface area contributed by atoms with Crippen LogP contribution in [0, 0.1) is 5.82 Å². The van der Waals surface area contributed by atoms with Crippen LogP contribution in [0.3, 0.4) is 0 Å². The summed E-state index contributed by atoms with van der Waals surface area (Å²) in [6.07, 6.45) is 0. The molecule has 8 heteroatoms. The molecule has 3 rings (SSSR count). The van der Waals surface area contributed by atoms with E-state index < -0.39 is 34.8 Å². The summed E-state index contributed by atoms with van der Waals surface area (Å²) in [7, 11) is 0. The molecule has 29 heavy (non-hydrogen) atoms. The van der Waals surface area contributed by atoms with Crippen LogP contribution in [-0.4, -0.2) is 27.0 Å². The van der Waals surface area contributed by atoms with Gasteiger partial charge in [-0.3, -0.25) is 9.59 Å². The molecular weight excluding hydrogens is 377 g/mol. The Bertz CT molecular complexity index is 1020. The molecule has 0 aliphatic carbocycles. The maximum Gasteiger partial charge on any atom is 0.274 e. The number of halogens is 1. The second-order valence-electron chi connectivity index (χ2n) is 6.20. The largest absolute Gasteiger partial charge is 0.504 e. The molecule has 0 saturated carbocycles. The van der Waals surface area contributed by atoms with Gasteiger partial charge in [0.25, 0.3) is 11.8 Å². The third kappa shape index (κ3) is 5.07. The number of amides is 2. The number of aromatic hydroxyl groups is 2.